The van der Waals surface area contributed by atoms with Gasteiger partial charge in [0.25, 0.3) is 0 Å². The minimum Gasteiger partial charge on any atom is -0.497 e. The number of carbonyl (C=O) groups excluding carboxylic acids is 1. The molecule has 5 rings (SSSR count). The first-order valence-electron chi connectivity index (χ1n) is 12.6. The van der Waals surface area contributed by atoms with Crippen LogP contribution in [0.2, 0.25) is 0 Å². The lowest BCUT2D eigenvalue weighted by atomic mass is 9.72. The summed E-state index contributed by atoms with van der Waals surface area (Å²) in [6, 6.07) is 20.3. The molecule has 2 saturated heterocycles. The summed E-state index contributed by atoms with van der Waals surface area (Å²) in [5.74, 6) is 1.78. The Morgan fingerprint density at radius 3 is 2.49 bits per heavy atom. The number of hydrogen-bond donors (Lipinski definition) is 0. The molecule has 0 unspecified atom stereocenters. The van der Waals surface area contributed by atoms with E-state index >= 15 is 0 Å². The zero-order valence-electron chi connectivity index (χ0n) is 20.7. The molecule has 6 heteroatoms. The van der Waals surface area contributed by atoms with Gasteiger partial charge in [0.2, 0.25) is 5.91 Å². The van der Waals surface area contributed by atoms with Crippen molar-refractivity contribution < 1.29 is 9.53 Å². The van der Waals surface area contributed by atoms with Crippen molar-refractivity contribution in [3.63, 3.8) is 0 Å². The van der Waals surface area contributed by atoms with Gasteiger partial charge < -0.3 is 14.5 Å². The second kappa shape index (κ2) is 10.2. The molecule has 1 amide bonds. The van der Waals surface area contributed by atoms with Gasteiger partial charge in [0.05, 0.1) is 24.3 Å². The highest BCUT2D eigenvalue weighted by Crippen LogP contribution is 2.42. The molecule has 0 aliphatic carbocycles. The number of methoxy groups -OCH3 is 1. The first kappa shape index (κ1) is 23.5. The number of carbonyl (C=O) groups is 1. The average molecular weight is 471 g/mol. The van der Waals surface area contributed by atoms with Gasteiger partial charge in [-0.05, 0) is 88.1 Å². The molecule has 0 spiro atoms. The van der Waals surface area contributed by atoms with Crippen LogP contribution in [-0.2, 0) is 11.2 Å². The molecular weight excluding hydrogens is 436 g/mol. The molecule has 3 heterocycles. The summed E-state index contributed by atoms with van der Waals surface area (Å²) < 4.78 is 5.28. The average Bonchev–Trinajstić information content (AvgIpc) is 3.40. The Labute approximate surface area is 208 Å². The zero-order chi connectivity index (χ0) is 24.3. The fourth-order valence-electron chi connectivity index (χ4n) is 5.56. The fraction of sp³-hybridized carbons (Fsp3) is 0.414. The van der Waals surface area contributed by atoms with Crippen LogP contribution in [0.25, 0.3) is 11.4 Å². The van der Waals surface area contributed by atoms with Crippen LogP contribution >= 0.6 is 0 Å². The molecule has 35 heavy (non-hydrogen) atoms. The topological polar surface area (TPSA) is 58.6 Å². The Kier molecular flexibility index (Phi) is 6.82. The van der Waals surface area contributed by atoms with E-state index in [0.717, 1.165) is 68.7 Å². The molecule has 0 saturated carbocycles. The van der Waals surface area contributed by atoms with E-state index in [1.165, 1.54) is 5.56 Å². The van der Waals surface area contributed by atoms with Gasteiger partial charge in [0, 0.05) is 18.3 Å². The lowest BCUT2D eigenvalue weighted by Crippen LogP contribution is -2.50. The minimum absolute atomic E-state index is 0.00481. The van der Waals surface area contributed by atoms with E-state index in [2.05, 4.69) is 46.1 Å². The number of amides is 1. The third-order valence-corrected chi connectivity index (χ3v) is 7.66. The first-order valence-corrected chi connectivity index (χ1v) is 12.6. The number of ether oxygens (including phenoxy) is 1. The van der Waals surface area contributed by atoms with Gasteiger partial charge in [0.1, 0.15) is 5.75 Å². The van der Waals surface area contributed by atoms with Crippen molar-refractivity contribution in [3.8, 4) is 17.1 Å². The molecule has 2 fully saturated rings. The van der Waals surface area contributed by atoms with Crippen LogP contribution in [0.1, 0.15) is 43.0 Å². The summed E-state index contributed by atoms with van der Waals surface area (Å²) in [5, 5.41) is 0. The minimum atomic E-state index is -0.359. The van der Waals surface area contributed by atoms with Crippen LogP contribution in [0.5, 0.6) is 5.75 Å². The van der Waals surface area contributed by atoms with Gasteiger partial charge >= 0.3 is 0 Å². The first-order chi connectivity index (χ1) is 17.1. The molecule has 2 aliphatic rings. The summed E-state index contributed by atoms with van der Waals surface area (Å²) in [7, 11) is 3.81. The molecule has 2 aromatic carbocycles. The van der Waals surface area contributed by atoms with E-state index in [1.54, 1.807) is 7.11 Å². The van der Waals surface area contributed by atoms with Gasteiger partial charge in [0.15, 0.2) is 5.82 Å². The van der Waals surface area contributed by atoms with Gasteiger partial charge in [-0.15, -0.1) is 0 Å². The van der Waals surface area contributed by atoms with Crippen molar-refractivity contribution in [1.82, 2.24) is 19.8 Å². The predicted molar refractivity (Wildman–Crippen MR) is 137 cm³/mol. The monoisotopic (exact) mass is 470 g/mol. The van der Waals surface area contributed by atoms with E-state index in [0.29, 0.717) is 11.7 Å². The van der Waals surface area contributed by atoms with Crippen molar-refractivity contribution in [3.05, 3.63) is 78.1 Å². The van der Waals surface area contributed by atoms with E-state index in [9.17, 15) is 4.79 Å². The maximum atomic E-state index is 14.3. The van der Waals surface area contributed by atoms with Crippen molar-refractivity contribution in [1.29, 1.82) is 0 Å². The van der Waals surface area contributed by atoms with Crippen molar-refractivity contribution in [2.75, 3.05) is 33.8 Å². The zero-order valence-corrected chi connectivity index (χ0v) is 20.7. The summed E-state index contributed by atoms with van der Waals surface area (Å²) in [5.41, 5.74) is 2.76. The van der Waals surface area contributed by atoms with E-state index < -0.39 is 0 Å². The quantitative estimate of drug-likeness (QED) is 0.519. The third-order valence-electron chi connectivity index (χ3n) is 7.66. The van der Waals surface area contributed by atoms with E-state index in [4.69, 9.17) is 9.72 Å². The Morgan fingerprint density at radius 1 is 1.03 bits per heavy atom. The highest BCUT2D eigenvalue weighted by molar-refractivity contribution is 5.84. The smallest absolute Gasteiger partial charge is 0.229 e. The molecule has 3 aromatic rings. The number of nitrogens with zero attached hydrogens (tertiary/aromatic N) is 4. The normalized spacial score (nSPS) is 20.1. The van der Waals surface area contributed by atoms with Crippen LogP contribution in [0.15, 0.2) is 66.9 Å². The van der Waals surface area contributed by atoms with Gasteiger partial charge in [-0.25, -0.2) is 9.97 Å². The van der Waals surface area contributed by atoms with Crippen LogP contribution in [0.3, 0.4) is 0 Å². The molecule has 1 atom stereocenters. The van der Waals surface area contributed by atoms with Gasteiger partial charge in [-0.2, -0.15) is 0 Å². The van der Waals surface area contributed by atoms with Crippen LogP contribution in [-0.4, -0.2) is 59.5 Å². The van der Waals surface area contributed by atoms with Gasteiger partial charge in [-0.3, -0.25) is 4.79 Å². The molecule has 1 aromatic heterocycles. The maximum absolute atomic E-state index is 14.3. The van der Waals surface area contributed by atoms with Crippen molar-refractivity contribution in [2.24, 2.45) is 5.41 Å². The second-order valence-electron chi connectivity index (χ2n) is 9.94. The molecule has 6 nitrogen and oxygen atoms in total. The van der Waals surface area contributed by atoms with E-state index in [-0.39, 0.29) is 11.5 Å². The number of aromatic nitrogens is 2. The standard InChI is InChI=1S/C29H34N4O2/c1-32-19-15-29(16-20-32,21-22-7-4-3-5-8-22)28(34)33-18-6-9-26(33)25-14-17-30-27(31-25)23-10-12-24(35-2)13-11-23/h3-5,7-8,10-14,17,26H,6,9,15-16,18-21H2,1-2H3/t26-/m0/s1. The molecule has 2 aliphatic heterocycles. The predicted octanol–water partition coefficient (Wildman–Crippen LogP) is 4.77. The summed E-state index contributed by atoms with van der Waals surface area (Å²) in [6.45, 7) is 2.69. The largest absolute Gasteiger partial charge is 0.497 e. The molecule has 0 bridgehead atoms. The van der Waals surface area contributed by atoms with Crippen LogP contribution in [0, 0.1) is 5.41 Å². The lowest BCUT2D eigenvalue weighted by molar-refractivity contribution is -0.146. The molecule has 182 valence electrons. The number of likely N-dealkylation sites (tertiary alicyclic amines) is 2. The Morgan fingerprint density at radius 2 is 1.77 bits per heavy atom. The van der Waals surface area contributed by atoms with Crippen LogP contribution in [0.4, 0.5) is 0 Å². The fourth-order valence-corrected chi connectivity index (χ4v) is 5.56. The molecule has 0 radical (unpaired) electrons. The summed E-state index contributed by atoms with van der Waals surface area (Å²) in [6.07, 6.45) is 6.33. The van der Waals surface area contributed by atoms with Crippen LogP contribution < -0.4 is 4.74 Å². The highest BCUT2D eigenvalue weighted by Gasteiger charge is 2.46. The number of benzene rings is 2. The number of rotatable bonds is 6. The second-order valence-corrected chi connectivity index (χ2v) is 9.94. The van der Waals surface area contributed by atoms with Crippen molar-refractivity contribution in [2.45, 2.75) is 38.1 Å². The van der Waals surface area contributed by atoms with Crippen molar-refractivity contribution >= 4 is 5.91 Å². The summed E-state index contributed by atoms with van der Waals surface area (Å²) in [4.78, 5) is 28.2. The SMILES string of the molecule is COc1ccc(-c2nccc([C@@H]3CCCN3C(=O)C3(Cc4ccccc4)CCN(C)CC3)n2)cc1. The highest BCUT2D eigenvalue weighted by atomic mass is 16.5. The number of hydrogen-bond acceptors (Lipinski definition) is 5. The molecular formula is C29H34N4O2. The maximum Gasteiger partial charge on any atom is 0.229 e. The molecule has 0 N–H and O–H groups in total. The van der Waals surface area contributed by atoms with Gasteiger partial charge in [-0.1, -0.05) is 30.3 Å². The Balaban J connectivity index is 1.42. The third kappa shape index (κ3) is 4.94. The number of piperidine rings is 1. The Bertz CT molecular complexity index is 1140. The Hall–Kier alpha value is -3.25. The lowest BCUT2D eigenvalue weighted by Gasteiger charge is -2.43. The summed E-state index contributed by atoms with van der Waals surface area (Å²) >= 11 is 0. The van der Waals surface area contributed by atoms with E-state index in [1.807, 2.05) is 42.6 Å².